The third-order valence-electron chi connectivity index (χ3n) is 4.64. The van der Waals surface area contributed by atoms with Crippen LogP contribution in [0.15, 0.2) is 60.8 Å². The van der Waals surface area contributed by atoms with Crippen LogP contribution in [0.4, 0.5) is 15.8 Å². The zero-order chi connectivity index (χ0) is 16.4. The van der Waals surface area contributed by atoms with E-state index in [4.69, 9.17) is 0 Å². The molecule has 2 aromatic carbocycles. The average molecular weight is 321 g/mol. The molecule has 24 heavy (non-hydrogen) atoms. The lowest BCUT2D eigenvalue weighted by Gasteiger charge is -2.34. The number of fused-ring (bicyclic) bond motifs is 1. The highest BCUT2D eigenvalue weighted by Gasteiger charge is 2.19. The lowest BCUT2D eigenvalue weighted by atomic mass is 10.0. The molecule has 1 saturated heterocycles. The van der Waals surface area contributed by atoms with Crippen LogP contribution in [0.1, 0.15) is 12.8 Å². The number of aromatic nitrogens is 1. The van der Waals surface area contributed by atoms with Crippen molar-refractivity contribution in [3.05, 3.63) is 66.6 Å². The molecule has 0 spiro atoms. The zero-order valence-electron chi connectivity index (χ0n) is 13.5. The molecule has 3 aromatic rings. The monoisotopic (exact) mass is 321 g/mol. The maximum Gasteiger partial charge on any atom is 0.125 e. The smallest absolute Gasteiger partial charge is 0.125 e. The highest BCUT2D eigenvalue weighted by molar-refractivity contribution is 5.82. The van der Waals surface area contributed by atoms with Crippen LogP contribution in [0.3, 0.4) is 0 Å². The Morgan fingerprint density at radius 1 is 1.00 bits per heavy atom. The zero-order valence-corrected chi connectivity index (χ0v) is 13.5. The number of hydrogen-bond acceptors (Lipinski definition) is 3. The fourth-order valence-corrected chi connectivity index (χ4v) is 3.36. The molecule has 0 radical (unpaired) electrons. The van der Waals surface area contributed by atoms with Crippen molar-refractivity contribution in [1.29, 1.82) is 0 Å². The first-order chi connectivity index (χ1) is 11.8. The average Bonchev–Trinajstić information content (AvgIpc) is 2.62. The second kappa shape index (κ2) is 6.48. The molecule has 0 bridgehead atoms. The van der Waals surface area contributed by atoms with Crippen LogP contribution in [0, 0.1) is 5.82 Å². The molecule has 4 heteroatoms. The molecule has 1 aliphatic heterocycles. The molecular weight excluding hydrogens is 301 g/mol. The van der Waals surface area contributed by atoms with Gasteiger partial charge in [0.05, 0.1) is 5.52 Å². The Bertz CT molecular complexity index is 841. The van der Waals surface area contributed by atoms with Gasteiger partial charge in [-0.25, -0.2) is 4.39 Å². The first kappa shape index (κ1) is 14.9. The van der Waals surface area contributed by atoms with Crippen molar-refractivity contribution in [1.82, 2.24) is 4.98 Å². The van der Waals surface area contributed by atoms with E-state index in [2.05, 4.69) is 39.5 Å². The summed E-state index contributed by atoms with van der Waals surface area (Å²) in [7, 11) is 0. The normalized spacial score (nSPS) is 15.6. The van der Waals surface area contributed by atoms with Crippen molar-refractivity contribution in [2.24, 2.45) is 0 Å². The van der Waals surface area contributed by atoms with Gasteiger partial charge in [-0.1, -0.05) is 12.1 Å². The third-order valence-corrected chi connectivity index (χ3v) is 4.64. The number of nitrogens with zero attached hydrogens (tertiary/aromatic N) is 2. The molecule has 2 heterocycles. The minimum Gasteiger partial charge on any atom is -0.382 e. The Morgan fingerprint density at radius 3 is 2.71 bits per heavy atom. The highest BCUT2D eigenvalue weighted by atomic mass is 19.1. The van der Waals surface area contributed by atoms with Gasteiger partial charge in [0, 0.05) is 42.1 Å². The van der Waals surface area contributed by atoms with Gasteiger partial charge in [-0.05, 0) is 55.3 Å². The molecule has 1 aromatic heterocycles. The standard InChI is InChI=1S/C20H20FN3/c21-16-4-1-5-18(14-16)23-17-8-11-24(12-9-17)19-6-7-20-15(13-19)3-2-10-22-20/h1-7,10,13-14,17,23H,8-9,11-12H2. The van der Waals surface area contributed by atoms with Crippen LogP contribution in [-0.4, -0.2) is 24.1 Å². The van der Waals surface area contributed by atoms with E-state index in [0.29, 0.717) is 6.04 Å². The summed E-state index contributed by atoms with van der Waals surface area (Å²) >= 11 is 0. The Balaban J connectivity index is 1.41. The SMILES string of the molecule is Fc1cccc(NC2CCN(c3ccc4ncccc4c3)CC2)c1. The van der Waals surface area contributed by atoms with Crippen molar-refractivity contribution in [3.63, 3.8) is 0 Å². The molecule has 1 fully saturated rings. The van der Waals surface area contributed by atoms with Crippen LogP contribution < -0.4 is 10.2 Å². The number of benzene rings is 2. The lowest BCUT2D eigenvalue weighted by molar-refractivity contribution is 0.526. The van der Waals surface area contributed by atoms with Crippen LogP contribution in [0.2, 0.25) is 0 Å². The largest absolute Gasteiger partial charge is 0.382 e. The summed E-state index contributed by atoms with van der Waals surface area (Å²) in [5.41, 5.74) is 3.15. The maximum atomic E-state index is 13.3. The van der Waals surface area contributed by atoms with E-state index >= 15 is 0 Å². The predicted molar refractivity (Wildman–Crippen MR) is 97.0 cm³/mol. The Hall–Kier alpha value is -2.62. The summed E-state index contributed by atoms with van der Waals surface area (Å²) < 4.78 is 13.3. The first-order valence-electron chi connectivity index (χ1n) is 8.40. The second-order valence-corrected chi connectivity index (χ2v) is 6.30. The lowest BCUT2D eigenvalue weighted by Crippen LogP contribution is -2.39. The minimum atomic E-state index is -0.192. The number of rotatable bonds is 3. The Labute approximate surface area is 141 Å². The van der Waals surface area contributed by atoms with E-state index in [-0.39, 0.29) is 5.82 Å². The number of pyridine rings is 1. The highest BCUT2D eigenvalue weighted by Crippen LogP contribution is 2.25. The summed E-state index contributed by atoms with van der Waals surface area (Å²) in [6, 6.07) is 17.6. The summed E-state index contributed by atoms with van der Waals surface area (Å²) in [6.45, 7) is 2.00. The van der Waals surface area contributed by atoms with E-state index < -0.39 is 0 Å². The van der Waals surface area contributed by atoms with Gasteiger partial charge in [0.15, 0.2) is 0 Å². The van der Waals surface area contributed by atoms with Crippen molar-refractivity contribution in [2.45, 2.75) is 18.9 Å². The molecule has 0 aliphatic carbocycles. The van der Waals surface area contributed by atoms with Gasteiger partial charge >= 0.3 is 0 Å². The van der Waals surface area contributed by atoms with Gasteiger partial charge in [0.25, 0.3) is 0 Å². The van der Waals surface area contributed by atoms with Crippen LogP contribution >= 0.6 is 0 Å². The molecule has 0 atom stereocenters. The van der Waals surface area contributed by atoms with Gasteiger partial charge in [-0.15, -0.1) is 0 Å². The second-order valence-electron chi connectivity index (χ2n) is 6.30. The van der Waals surface area contributed by atoms with Crippen LogP contribution in [0.5, 0.6) is 0 Å². The number of piperidine rings is 1. The molecule has 122 valence electrons. The van der Waals surface area contributed by atoms with Crippen molar-refractivity contribution in [3.8, 4) is 0 Å². The first-order valence-corrected chi connectivity index (χ1v) is 8.40. The van der Waals surface area contributed by atoms with Gasteiger partial charge in [0.1, 0.15) is 5.82 Å². The van der Waals surface area contributed by atoms with Gasteiger partial charge in [-0.2, -0.15) is 0 Å². The molecule has 1 aliphatic rings. The fraction of sp³-hybridized carbons (Fsp3) is 0.250. The van der Waals surface area contributed by atoms with Gasteiger partial charge < -0.3 is 10.2 Å². The minimum absolute atomic E-state index is 0.192. The number of halogens is 1. The molecule has 3 nitrogen and oxygen atoms in total. The number of anilines is 2. The number of nitrogens with one attached hydrogen (secondary N) is 1. The quantitative estimate of drug-likeness (QED) is 0.772. The van der Waals surface area contributed by atoms with E-state index in [1.54, 1.807) is 12.1 Å². The molecule has 1 N–H and O–H groups in total. The van der Waals surface area contributed by atoms with Gasteiger partial charge in [0.2, 0.25) is 0 Å². The van der Waals surface area contributed by atoms with Gasteiger partial charge in [-0.3, -0.25) is 4.98 Å². The van der Waals surface area contributed by atoms with Crippen LogP contribution in [0.25, 0.3) is 10.9 Å². The Kier molecular flexibility index (Phi) is 4.03. The molecule has 0 saturated carbocycles. The number of hydrogen-bond donors (Lipinski definition) is 1. The van der Waals surface area contributed by atoms with E-state index in [1.807, 2.05) is 18.3 Å². The topological polar surface area (TPSA) is 28.2 Å². The van der Waals surface area contributed by atoms with Crippen molar-refractivity contribution in [2.75, 3.05) is 23.3 Å². The fourth-order valence-electron chi connectivity index (χ4n) is 3.36. The maximum absolute atomic E-state index is 13.3. The summed E-state index contributed by atoms with van der Waals surface area (Å²) in [4.78, 5) is 6.79. The van der Waals surface area contributed by atoms with E-state index in [9.17, 15) is 4.39 Å². The summed E-state index contributed by atoms with van der Waals surface area (Å²) in [6.07, 6.45) is 3.91. The molecule has 0 amide bonds. The molecular formula is C20H20FN3. The van der Waals surface area contributed by atoms with Crippen molar-refractivity contribution < 1.29 is 4.39 Å². The van der Waals surface area contributed by atoms with Crippen LogP contribution in [-0.2, 0) is 0 Å². The third kappa shape index (κ3) is 3.18. The molecule has 4 rings (SSSR count). The summed E-state index contributed by atoms with van der Waals surface area (Å²) in [5.74, 6) is -0.192. The van der Waals surface area contributed by atoms with E-state index in [1.165, 1.54) is 17.1 Å². The Morgan fingerprint density at radius 2 is 1.88 bits per heavy atom. The predicted octanol–water partition coefficient (Wildman–Crippen LogP) is 4.45. The molecule has 0 unspecified atom stereocenters. The summed E-state index contributed by atoms with van der Waals surface area (Å²) in [5, 5.41) is 4.62. The van der Waals surface area contributed by atoms with E-state index in [0.717, 1.165) is 37.1 Å². The van der Waals surface area contributed by atoms with Crippen molar-refractivity contribution >= 4 is 22.3 Å².